The predicted octanol–water partition coefficient (Wildman–Crippen LogP) is 3.15. The first-order chi connectivity index (χ1) is 9.04. The van der Waals surface area contributed by atoms with Gasteiger partial charge < -0.3 is 5.32 Å². The molecule has 0 bridgehead atoms. The van der Waals surface area contributed by atoms with Crippen LogP contribution in [0.25, 0.3) is 0 Å². The van der Waals surface area contributed by atoms with Gasteiger partial charge in [0.15, 0.2) is 0 Å². The summed E-state index contributed by atoms with van der Waals surface area (Å²) >= 11 is 1.56. The maximum atomic E-state index is 13.2. The Bertz CT molecular complexity index is 600. The second kappa shape index (κ2) is 5.75. The van der Waals surface area contributed by atoms with Crippen LogP contribution in [0.2, 0.25) is 0 Å². The van der Waals surface area contributed by atoms with E-state index in [0.29, 0.717) is 18.7 Å². The number of nitrogens with one attached hydrogen (secondary N) is 1. The standard InChI is InChI=1S/C12H12FN3O2S/c1-8-7-19-12(15-8)2-3-14-10-4-9(13)5-11(6-10)16(17)18/h4-7,14H,2-3H2,1H3. The van der Waals surface area contributed by atoms with E-state index < -0.39 is 10.7 Å². The lowest BCUT2D eigenvalue weighted by molar-refractivity contribution is -0.385. The molecule has 2 rings (SSSR count). The third-order valence-corrected chi connectivity index (χ3v) is 3.45. The molecule has 0 saturated heterocycles. The molecule has 0 fully saturated rings. The van der Waals surface area contributed by atoms with Gasteiger partial charge in [0.25, 0.3) is 5.69 Å². The summed E-state index contributed by atoms with van der Waals surface area (Å²) in [4.78, 5) is 14.3. The van der Waals surface area contributed by atoms with Crippen LogP contribution in [0, 0.1) is 22.9 Å². The topological polar surface area (TPSA) is 68.1 Å². The second-order valence-electron chi connectivity index (χ2n) is 4.01. The average molecular weight is 281 g/mol. The lowest BCUT2D eigenvalue weighted by Gasteiger charge is -2.05. The molecule has 1 aromatic carbocycles. The normalized spacial score (nSPS) is 10.4. The molecule has 7 heteroatoms. The molecule has 0 unspecified atom stereocenters. The molecule has 5 nitrogen and oxygen atoms in total. The van der Waals surface area contributed by atoms with Gasteiger partial charge in [0, 0.05) is 35.8 Å². The molecule has 100 valence electrons. The number of non-ortho nitro benzene ring substituents is 1. The molecule has 0 amide bonds. The molecule has 0 aliphatic carbocycles. The maximum Gasteiger partial charge on any atom is 0.274 e. The van der Waals surface area contributed by atoms with Gasteiger partial charge >= 0.3 is 0 Å². The van der Waals surface area contributed by atoms with Crippen molar-refractivity contribution >= 4 is 22.7 Å². The van der Waals surface area contributed by atoms with Crippen LogP contribution in [-0.4, -0.2) is 16.5 Å². The van der Waals surface area contributed by atoms with E-state index in [9.17, 15) is 14.5 Å². The monoisotopic (exact) mass is 281 g/mol. The number of hydrogen-bond donors (Lipinski definition) is 1. The van der Waals surface area contributed by atoms with Crippen LogP contribution in [-0.2, 0) is 6.42 Å². The minimum absolute atomic E-state index is 0.257. The minimum Gasteiger partial charge on any atom is -0.384 e. The summed E-state index contributed by atoms with van der Waals surface area (Å²) in [7, 11) is 0. The van der Waals surface area contributed by atoms with E-state index in [1.807, 2.05) is 12.3 Å². The third kappa shape index (κ3) is 3.72. The molecular formula is C12H12FN3O2S. The van der Waals surface area contributed by atoms with E-state index in [1.54, 1.807) is 11.3 Å². The third-order valence-electron chi connectivity index (χ3n) is 2.43. The van der Waals surface area contributed by atoms with Crippen LogP contribution in [0.5, 0.6) is 0 Å². The average Bonchev–Trinajstić information content (AvgIpc) is 2.74. The molecule has 2 aromatic rings. The highest BCUT2D eigenvalue weighted by atomic mass is 32.1. The number of hydrogen-bond acceptors (Lipinski definition) is 5. The number of thiazole rings is 1. The van der Waals surface area contributed by atoms with Gasteiger partial charge in [-0.05, 0) is 13.0 Å². The number of aryl methyl sites for hydroxylation is 1. The molecule has 0 aliphatic rings. The lowest BCUT2D eigenvalue weighted by Crippen LogP contribution is -2.05. The van der Waals surface area contributed by atoms with Gasteiger partial charge in [-0.3, -0.25) is 10.1 Å². The smallest absolute Gasteiger partial charge is 0.274 e. The Morgan fingerprint density at radius 3 is 2.89 bits per heavy atom. The van der Waals surface area contributed by atoms with Crippen molar-refractivity contribution in [2.75, 3.05) is 11.9 Å². The van der Waals surface area contributed by atoms with Crippen molar-refractivity contribution in [3.63, 3.8) is 0 Å². The summed E-state index contributed by atoms with van der Waals surface area (Å²) in [6.07, 6.45) is 0.697. The summed E-state index contributed by atoms with van der Waals surface area (Å²) in [6, 6.07) is 3.45. The zero-order valence-corrected chi connectivity index (χ0v) is 11.0. The first-order valence-electron chi connectivity index (χ1n) is 5.64. The van der Waals surface area contributed by atoms with Gasteiger partial charge in [-0.15, -0.1) is 11.3 Å². The Kier molecular flexibility index (Phi) is 4.06. The minimum atomic E-state index is -0.623. The predicted molar refractivity (Wildman–Crippen MR) is 72.1 cm³/mol. The molecule has 0 atom stereocenters. The SMILES string of the molecule is Cc1csc(CCNc2cc(F)cc([N+](=O)[O-])c2)n1. The van der Waals surface area contributed by atoms with Crippen molar-refractivity contribution in [1.29, 1.82) is 0 Å². The molecule has 1 heterocycles. The molecular weight excluding hydrogens is 269 g/mol. The zero-order valence-electron chi connectivity index (χ0n) is 10.2. The lowest BCUT2D eigenvalue weighted by atomic mass is 10.2. The van der Waals surface area contributed by atoms with Crippen molar-refractivity contribution in [2.24, 2.45) is 0 Å². The van der Waals surface area contributed by atoms with Crippen molar-refractivity contribution < 1.29 is 9.31 Å². The van der Waals surface area contributed by atoms with Crippen LogP contribution in [0.15, 0.2) is 23.6 Å². The van der Waals surface area contributed by atoms with E-state index in [4.69, 9.17) is 0 Å². The summed E-state index contributed by atoms with van der Waals surface area (Å²) < 4.78 is 13.2. The number of nitro benzene ring substituents is 1. The van der Waals surface area contributed by atoms with Gasteiger partial charge in [-0.1, -0.05) is 0 Å². The van der Waals surface area contributed by atoms with Crippen molar-refractivity contribution in [2.45, 2.75) is 13.3 Å². The highest BCUT2D eigenvalue weighted by molar-refractivity contribution is 7.09. The summed E-state index contributed by atoms with van der Waals surface area (Å²) in [5.41, 5.74) is 1.12. The van der Waals surface area contributed by atoms with Crippen molar-refractivity contribution in [3.8, 4) is 0 Å². The van der Waals surface area contributed by atoms with Gasteiger partial charge in [0.2, 0.25) is 0 Å². The van der Waals surface area contributed by atoms with Gasteiger partial charge in [-0.2, -0.15) is 0 Å². The van der Waals surface area contributed by atoms with Crippen molar-refractivity contribution in [1.82, 2.24) is 4.98 Å². The Morgan fingerprint density at radius 2 is 2.26 bits per heavy atom. The fourth-order valence-corrected chi connectivity index (χ4v) is 2.39. The molecule has 0 aliphatic heterocycles. The Morgan fingerprint density at radius 1 is 1.47 bits per heavy atom. The largest absolute Gasteiger partial charge is 0.384 e. The molecule has 0 saturated carbocycles. The number of benzene rings is 1. The number of aromatic nitrogens is 1. The Hall–Kier alpha value is -2.02. The molecule has 1 aromatic heterocycles. The number of nitrogens with zero attached hydrogens (tertiary/aromatic N) is 2. The van der Waals surface area contributed by atoms with Gasteiger partial charge in [0.1, 0.15) is 5.82 Å². The molecule has 1 N–H and O–H groups in total. The van der Waals surface area contributed by atoms with E-state index >= 15 is 0 Å². The first-order valence-corrected chi connectivity index (χ1v) is 6.52. The quantitative estimate of drug-likeness (QED) is 0.675. The first kappa shape index (κ1) is 13.4. The zero-order chi connectivity index (χ0) is 13.8. The van der Waals surface area contributed by atoms with E-state index in [2.05, 4.69) is 10.3 Å². The Balaban J connectivity index is 1.97. The van der Waals surface area contributed by atoms with Crippen LogP contribution in [0.1, 0.15) is 10.7 Å². The van der Waals surface area contributed by atoms with Crippen molar-refractivity contribution in [3.05, 3.63) is 50.2 Å². The number of halogens is 1. The van der Waals surface area contributed by atoms with E-state index in [1.165, 1.54) is 12.1 Å². The van der Waals surface area contributed by atoms with Crippen LogP contribution >= 0.6 is 11.3 Å². The fourth-order valence-electron chi connectivity index (χ4n) is 1.61. The van der Waals surface area contributed by atoms with Gasteiger partial charge in [0.05, 0.1) is 16.0 Å². The Labute approximate surface area is 113 Å². The van der Waals surface area contributed by atoms with E-state index in [0.717, 1.165) is 16.8 Å². The van der Waals surface area contributed by atoms with Crippen LogP contribution in [0.3, 0.4) is 0 Å². The number of rotatable bonds is 5. The highest BCUT2D eigenvalue weighted by Gasteiger charge is 2.09. The second-order valence-corrected chi connectivity index (χ2v) is 4.96. The van der Waals surface area contributed by atoms with Crippen LogP contribution in [0.4, 0.5) is 15.8 Å². The summed E-state index contributed by atoms with van der Waals surface area (Å²) in [6.45, 7) is 2.47. The summed E-state index contributed by atoms with van der Waals surface area (Å²) in [5.74, 6) is -0.623. The highest BCUT2D eigenvalue weighted by Crippen LogP contribution is 2.20. The van der Waals surface area contributed by atoms with E-state index in [-0.39, 0.29) is 5.69 Å². The van der Waals surface area contributed by atoms with Crippen LogP contribution < -0.4 is 5.32 Å². The van der Waals surface area contributed by atoms with Gasteiger partial charge in [-0.25, -0.2) is 9.37 Å². The molecule has 19 heavy (non-hydrogen) atoms. The number of anilines is 1. The fraction of sp³-hybridized carbons (Fsp3) is 0.250. The number of nitro groups is 1. The molecule has 0 radical (unpaired) electrons. The summed E-state index contributed by atoms with van der Waals surface area (Å²) in [5, 5.41) is 16.5. The maximum absolute atomic E-state index is 13.2. The molecule has 0 spiro atoms.